The number of amides is 1. The van der Waals surface area contributed by atoms with Gasteiger partial charge in [0.2, 0.25) is 5.54 Å². The van der Waals surface area contributed by atoms with Gasteiger partial charge in [-0.15, -0.1) is 0 Å². The van der Waals surface area contributed by atoms with Crippen LogP contribution < -0.4 is 5.32 Å². The van der Waals surface area contributed by atoms with Gasteiger partial charge in [-0.2, -0.15) is 13.2 Å². The van der Waals surface area contributed by atoms with Crippen LogP contribution in [0.25, 0.3) is 0 Å². The van der Waals surface area contributed by atoms with E-state index in [1.54, 1.807) is 6.07 Å². The second kappa shape index (κ2) is 6.47. The first kappa shape index (κ1) is 18.8. The number of ether oxygens (including phenoxy) is 1. The minimum absolute atomic E-state index is 0.114. The Kier molecular flexibility index (Phi) is 5.29. The second-order valence-electron chi connectivity index (χ2n) is 6.00. The topological polar surface area (TPSA) is 75.6 Å². The van der Waals surface area contributed by atoms with Gasteiger partial charge in [0.1, 0.15) is 5.60 Å². The summed E-state index contributed by atoms with van der Waals surface area (Å²) in [6, 6.07) is 7.23. The largest absolute Gasteiger partial charge is 0.479 e. The number of alkyl carbamates (subject to hydrolysis) is 1. The Morgan fingerprint density at radius 1 is 1.13 bits per heavy atom. The van der Waals surface area contributed by atoms with Gasteiger partial charge in [-0.3, -0.25) is 5.32 Å². The van der Waals surface area contributed by atoms with Crippen LogP contribution in [0, 0.1) is 0 Å². The molecule has 1 rings (SSSR count). The Morgan fingerprint density at radius 2 is 1.65 bits per heavy atom. The van der Waals surface area contributed by atoms with Crippen molar-refractivity contribution in [3.05, 3.63) is 35.9 Å². The van der Waals surface area contributed by atoms with Crippen molar-refractivity contribution >= 4 is 12.1 Å². The zero-order valence-electron chi connectivity index (χ0n) is 12.9. The highest BCUT2D eigenvalue weighted by atomic mass is 19.4. The minimum Gasteiger partial charge on any atom is -0.479 e. The molecule has 0 bridgehead atoms. The maximum absolute atomic E-state index is 13.5. The van der Waals surface area contributed by atoms with E-state index in [9.17, 15) is 27.9 Å². The Hall–Kier alpha value is -2.25. The first-order chi connectivity index (χ1) is 10.4. The van der Waals surface area contributed by atoms with E-state index < -0.39 is 35.8 Å². The van der Waals surface area contributed by atoms with Gasteiger partial charge < -0.3 is 9.84 Å². The first-order valence-corrected chi connectivity index (χ1v) is 6.72. The predicted octanol–water partition coefficient (Wildman–Crippen LogP) is 3.14. The van der Waals surface area contributed by atoms with Gasteiger partial charge in [-0.1, -0.05) is 30.3 Å². The fraction of sp³-hybridized carbons (Fsp3) is 0.467. The minimum atomic E-state index is -5.22. The number of halogens is 3. The molecular formula is C15H18F3NO4. The summed E-state index contributed by atoms with van der Waals surface area (Å²) < 4.78 is 45.1. The molecule has 8 heteroatoms. The van der Waals surface area contributed by atoms with Crippen molar-refractivity contribution in [2.24, 2.45) is 0 Å². The quantitative estimate of drug-likeness (QED) is 0.887. The van der Waals surface area contributed by atoms with Crippen LogP contribution in [0.4, 0.5) is 18.0 Å². The van der Waals surface area contributed by atoms with Crippen molar-refractivity contribution in [1.29, 1.82) is 0 Å². The number of nitrogens with one attached hydrogen (secondary N) is 1. The Morgan fingerprint density at radius 3 is 2.04 bits per heavy atom. The van der Waals surface area contributed by atoms with Gasteiger partial charge in [0.25, 0.3) is 0 Å². The number of hydrogen-bond donors (Lipinski definition) is 2. The summed E-state index contributed by atoms with van der Waals surface area (Å²) in [5.41, 5.74) is -4.42. The van der Waals surface area contributed by atoms with E-state index in [1.807, 2.05) is 0 Å². The van der Waals surface area contributed by atoms with Gasteiger partial charge in [-0.25, -0.2) is 9.59 Å². The number of carboxylic acids is 1. The van der Waals surface area contributed by atoms with Crippen LogP contribution in [0.3, 0.4) is 0 Å². The fourth-order valence-electron chi connectivity index (χ4n) is 1.85. The smallest absolute Gasteiger partial charge is 0.422 e. The molecule has 0 heterocycles. The van der Waals surface area contributed by atoms with Gasteiger partial charge in [0.15, 0.2) is 0 Å². The summed E-state index contributed by atoms with van der Waals surface area (Å²) in [6.07, 6.45) is -7.62. The van der Waals surface area contributed by atoms with E-state index in [-0.39, 0.29) is 5.56 Å². The average molecular weight is 333 g/mol. The molecule has 0 spiro atoms. The van der Waals surface area contributed by atoms with Crippen LogP contribution >= 0.6 is 0 Å². The highest BCUT2D eigenvalue weighted by Crippen LogP contribution is 2.34. The van der Waals surface area contributed by atoms with Crippen molar-refractivity contribution in [2.45, 2.75) is 44.5 Å². The van der Waals surface area contributed by atoms with Gasteiger partial charge >= 0.3 is 18.2 Å². The maximum atomic E-state index is 13.5. The van der Waals surface area contributed by atoms with Gasteiger partial charge in [0, 0.05) is 6.42 Å². The summed E-state index contributed by atoms with van der Waals surface area (Å²) in [5.74, 6) is -2.21. The molecule has 1 amide bonds. The molecule has 1 atom stereocenters. The third-order valence-electron chi connectivity index (χ3n) is 2.88. The number of carboxylic acid groups (broad SMARTS) is 1. The molecule has 0 aromatic heterocycles. The highest BCUT2D eigenvalue weighted by Gasteiger charge is 2.62. The number of rotatable bonds is 4. The number of carbonyl (C=O) groups is 2. The molecule has 0 radical (unpaired) electrons. The standard InChI is InChI=1S/C15H18F3NO4/c1-13(2,3)23-12(22)19-14(11(20)21,15(16,17)18)9-10-7-5-4-6-8-10/h4-8H,9H2,1-3H3,(H,19,22)(H,20,21). The second-order valence-corrected chi connectivity index (χ2v) is 6.00. The molecule has 0 saturated heterocycles. The zero-order valence-corrected chi connectivity index (χ0v) is 12.9. The molecule has 0 aliphatic heterocycles. The van der Waals surface area contributed by atoms with Crippen molar-refractivity contribution < 1.29 is 32.6 Å². The van der Waals surface area contributed by atoms with Crippen molar-refractivity contribution in [2.75, 3.05) is 0 Å². The van der Waals surface area contributed by atoms with Crippen molar-refractivity contribution in [1.82, 2.24) is 5.32 Å². The molecule has 1 aromatic rings. The van der Waals surface area contributed by atoms with Crippen molar-refractivity contribution in [3.8, 4) is 0 Å². The van der Waals surface area contributed by atoms with Crippen LogP contribution in [0.15, 0.2) is 30.3 Å². The lowest BCUT2D eigenvalue weighted by Gasteiger charge is -2.33. The molecule has 23 heavy (non-hydrogen) atoms. The lowest BCUT2D eigenvalue weighted by molar-refractivity contribution is -0.208. The third kappa shape index (κ3) is 4.87. The highest BCUT2D eigenvalue weighted by molar-refractivity contribution is 5.86. The summed E-state index contributed by atoms with van der Waals surface area (Å²) in [5, 5.41) is 10.7. The molecule has 0 aliphatic rings. The lowest BCUT2D eigenvalue weighted by Crippen LogP contribution is -2.65. The number of alkyl halides is 3. The Bertz CT molecular complexity index is 566. The summed E-state index contributed by atoms with van der Waals surface area (Å²) in [6.45, 7) is 4.37. The van der Waals surface area contributed by atoms with E-state index in [2.05, 4.69) is 0 Å². The third-order valence-corrected chi connectivity index (χ3v) is 2.88. The first-order valence-electron chi connectivity index (χ1n) is 6.72. The molecule has 0 saturated carbocycles. The van der Waals surface area contributed by atoms with Crippen LogP contribution in [0.2, 0.25) is 0 Å². The fourth-order valence-corrected chi connectivity index (χ4v) is 1.85. The van der Waals surface area contributed by atoms with Gasteiger partial charge in [0.05, 0.1) is 0 Å². The SMILES string of the molecule is CC(C)(C)OC(=O)NC(Cc1ccccc1)(C(=O)O)C(F)(F)F. The van der Waals surface area contributed by atoms with Crippen LogP contribution in [0.1, 0.15) is 26.3 Å². The number of benzene rings is 1. The summed E-state index contributed by atoms with van der Waals surface area (Å²) in [7, 11) is 0. The van der Waals surface area contributed by atoms with E-state index in [1.165, 1.54) is 50.4 Å². The Labute approximate surface area is 131 Å². The molecule has 0 aliphatic carbocycles. The van der Waals surface area contributed by atoms with Crippen LogP contribution in [-0.2, 0) is 16.0 Å². The summed E-state index contributed by atoms with van der Waals surface area (Å²) >= 11 is 0. The van der Waals surface area contributed by atoms with E-state index in [4.69, 9.17) is 4.74 Å². The molecule has 0 fully saturated rings. The normalized spacial score (nSPS) is 14.7. The molecule has 128 valence electrons. The van der Waals surface area contributed by atoms with E-state index in [0.29, 0.717) is 0 Å². The number of carbonyl (C=O) groups excluding carboxylic acids is 1. The van der Waals surface area contributed by atoms with Crippen LogP contribution in [0.5, 0.6) is 0 Å². The predicted molar refractivity (Wildman–Crippen MR) is 75.9 cm³/mol. The van der Waals surface area contributed by atoms with E-state index in [0.717, 1.165) is 0 Å². The molecule has 5 nitrogen and oxygen atoms in total. The Balaban J connectivity index is 3.20. The summed E-state index contributed by atoms with van der Waals surface area (Å²) in [4.78, 5) is 23.1. The molecule has 1 aromatic carbocycles. The van der Waals surface area contributed by atoms with Crippen molar-refractivity contribution in [3.63, 3.8) is 0 Å². The van der Waals surface area contributed by atoms with E-state index >= 15 is 0 Å². The molecule has 2 N–H and O–H groups in total. The van der Waals surface area contributed by atoms with Gasteiger partial charge in [-0.05, 0) is 26.3 Å². The lowest BCUT2D eigenvalue weighted by atomic mass is 9.90. The molecular weight excluding hydrogens is 315 g/mol. The number of aliphatic carboxylic acids is 1. The number of hydrogen-bond acceptors (Lipinski definition) is 3. The average Bonchev–Trinajstić information content (AvgIpc) is 2.35. The molecule has 1 unspecified atom stereocenters. The maximum Gasteiger partial charge on any atom is 0.422 e. The van der Waals surface area contributed by atoms with Crippen LogP contribution in [-0.4, -0.2) is 34.5 Å². The zero-order chi connectivity index (χ0) is 17.9. The monoisotopic (exact) mass is 333 g/mol.